The van der Waals surface area contributed by atoms with Gasteiger partial charge >= 0.3 is 0 Å². The molecule has 0 saturated carbocycles. The fraction of sp³-hybridized carbons (Fsp3) is 0.692. The van der Waals surface area contributed by atoms with Crippen molar-refractivity contribution >= 4 is 11.6 Å². The molecule has 1 amide bonds. The Morgan fingerprint density at radius 2 is 2.21 bits per heavy atom. The molecule has 19 heavy (non-hydrogen) atoms. The Bertz CT molecular complexity index is 438. The Balaban J connectivity index is 2.63. The van der Waals surface area contributed by atoms with Gasteiger partial charge in [-0.15, -0.1) is 0 Å². The van der Waals surface area contributed by atoms with E-state index in [0.717, 1.165) is 5.69 Å². The summed E-state index contributed by atoms with van der Waals surface area (Å²) in [5.74, 6) is -0.00784. The summed E-state index contributed by atoms with van der Waals surface area (Å²) in [5, 5.41) is 19.4. The molecule has 0 bridgehead atoms. The number of hydrogen-bond acceptors (Lipinski definition) is 4. The highest BCUT2D eigenvalue weighted by Gasteiger charge is 2.24. The molecule has 6 heteroatoms. The van der Waals surface area contributed by atoms with Crippen LogP contribution in [0.4, 0.5) is 5.69 Å². The molecule has 1 rings (SSSR count). The minimum absolute atomic E-state index is 0.178. The van der Waals surface area contributed by atoms with Crippen LogP contribution in [0.1, 0.15) is 50.3 Å². The van der Waals surface area contributed by atoms with Crippen LogP contribution in [-0.2, 0) is 6.42 Å². The molecule has 0 aliphatic rings. The van der Waals surface area contributed by atoms with Crippen molar-refractivity contribution < 1.29 is 9.90 Å². The summed E-state index contributed by atoms with van der Waals surface area (Å²) >= 11 is 0. The number of nitrogens with one attached hydrogen (secondary N) is 2. The normalized spacial score (nSPS) is 14.4. The van der Waals surface area contributed by atoms with Crippen molar-refractivity contribution in [2.45, 2.75) is 46.1 Å². The van der Waals surface area contributed by atoms with Crippen molar-refractivity contribution in [1.82, 2.24) is 15.5 Å². The Labute approximate surface area is 113 Å². The van der Waals surface area contributed by atoms with E-state index < -0.39 is 5.60 Å². The molecule has 5 N–H and O–H groups in total. The largest absolute Gasteiger partial charge is 0.395 e. The zero-order valence-corrected chi connectivity index (χ0v) is 12.1. The van der Waals surface area contributed by atoms with E-state index in [0.29, 0.717) is 24.4 Å². The van der Waals surface area contributed by atoms with E-state index in [1.165, 1.54) is 0 Å². The first-order valence-electron chi connectivity index (χ1n) is 6.60. The standard InChI is InChI=1S/C13H24N4O2/c1-5-9-10(14)11(17-16-9)12(18)15-7-13(4,19)6-8(2)3/h8,19H,5-7,14H2,1-4H3,(H,15,18)(H,16,17). The molecule has 0 aromatic carbocycles. The smallest absolute Gasteiger partial charge is 0.274 e. The van der Waals surface area contributed by atoms with Crippen LogP contribution < -0.4 is 11.1 Å². The number of aromatic nitrogens is 2. The average Bonchev–Trinajstić information content (AvgIpc) is 2.66. The highest BCUT2D eigenvalue weighted by atomic mass is 16.3. The number of aryl methyl sites for hydroxylation is 1. The van der Waals surface area contributed by atoms with Gasteiger partial charge in [-0.2, -0.15) is 5.10 Å². The lowest BCUT2D eigenvalue weighted by molar-refractivity contribution is 0.0367. The molecule has 0 radical (unpaired) electrons. The number of nitrogens with zero attached hydrogens (tertiary/aromatic N) is 1. The fourth-order valence-corrected chi connectivity index (χ4v) is 2.14. The van der Waals surface area contributed by atoms with Crippen molar-refractivity contribution in [3.05, 3.63) is 11.4 Å². The van der Waals surface area contributed by atoms with Crippen LogP contribution in [-0.4, -0.2) is 33.4 Å². The summed E-state index contributed by atoms with van der Waals surface area (Å²) in [6.45, 7) is 7.86. The van der Waals surface area contributed by atoms with Crippen LogP contribution in [0, 0.1) is 5.92 Å². The van der Waals surface area contributed by atoms with Gasteiger partial charge in [0.15, 0.2) is 5.69 Å². The fourth-order valence-electron chi connectivity index (χ4n) is 2.14. The number of nitrogens with two attached hydrogens (primary N) is 1. The van der Waals surface area contributed by atoms with Gasteiger partial charge in [-0.1, -0.05) is 20.8 Å². The second kappa shape index (κ2) is 6.06. The molecule has 6 nitrogen and oxygen atoms in total. The van der Waals surface area contributed by atoms with Crippen molar-refractivity contribution in [1.29, 1.82) is 0 Å². The van der Waals surface area contributed by atoms with Crippen LogP contribution in [0.25, 0.3) is 0 Å². The molecule has 0 aliphatic heterocycles. The molecule has 0 spiro atoms. The monoisotopic (exact) mass is 268 g/mol. The number of nitrogen functional groups attached to an aromatic ring is 1. The number of anilines is 1. The summed E-state index contributed by atoms with van der Waals surface area (Å²) in [5.41, 5.74) is 6.21. The molecule has 0 fully saturated rings. The quantitative estimate of drug-likeness (QED) is 0.619. The van der Waals surface area contributed by atoms with E-state index in [2.05, 4.69) is 15.5 Å². The molecule has 108 valence electrons. The maximum Gasteiger partial charge on any atom is 0.274 e. The van der Waals surface area contributed by atoms with E-state index in [4.69, 9.17) is 5.73 Å². The van der Waals surface area contributed by atoms with Gasteiger partial charge in [-0.3, -0.25) is 9.89 Å². The minimum Gasteiger partial charge on any atom is -0.395 e. The Morgan fingerprint density at radius 1 is 1.58 bits per heavy atom. The van der Waals surface area contributed by atoms with Gasteiger partial charge in [0.1, 0.15) is 0 Å². The Kier molecular flexibility index (Phi) is 4.94. The predicted octanol–water partition coefficient (Wildman–Crippen LogP) is 1.08. The lowest BCUT2D eigenvalue weighted by Gasteiger charge is -2.25. The summed E-state index contributed by atoms with van der Waals surface area (Å²) in [6, 6.07) is 0. The number of carbonyl (C=O) groups excluding carboxylic acids is 1. The summed E-state index contributed by atoms with van der Waals surface area (Å²) in [6.07, 6.45) is 1.31. The highest BCUT2D eigenvalue weighted by molar-refractivity contribution is 5.97. The van der Waals surface area contributed by atoms with Crippen LogP contribution in [0.3, 0.4) is 0 Å². The van der Waals surface area contributed by atoms with Crippen LogP contribution >= 0.6 is 0 Å². The molecular formula is C13H24N4O2. The number of aliphatic hydroxyl groups is 1. The summed E-state index contributed by atoms with van der Waals surface area (Å²) < 4.78 is 0. The number of H-pyrrole nitrogens is 1. The van der Waals surface area contributed by atoms with Gasteiger partial charge < -0.3 is 16.2 Å². The SMILES string of the molecule is CCc1[nH]nc(C(=O)NCC(C)(O)CC(C)C)c1N. The van der Waals surface area contributed by atoms with E-state index >= 15 is 0 Å². The van der Waals surface area contributed by atoms with Gasteiger partial charge in [-0.25, -0.2) is 0 Å². The van der Waals surface area contributed by atoms with Crippen molar-refractivity contribution in [3.8, 4) is 0 Å². The van der Waals surface area contributed by atoms with Gasteiger partial charge in [0.05, 0.1) is 17.0 Å². The summed E-state index contributed by atoms with van der Waals surface area (Å²) in [4.78, 5) is 11.9. The van der Waals surface area contributed by atoms with E-state index in [9.17, 15) is 9.90 Å². The molecule has 0 aliphatic carbocycles. The zero-order valence-electron chi connectivity index (χ0n) is 12.1. The second-order valence-corrected chi connectivity index (χ2v) is 5.60. The maximum atomic E-state index is 11.9. The number of rotatable bonds is 6. The van der Waals surface area contributed by atoms with Crippen LogP contribution in [0.5, 0.6) is 0 Å². The number of hydrogen-bond donors (Lipinski definition) is 4. The molecule has 1 heterocycles. The lowest BCUT2D eigenvalue weighted by atomic mass is 9.94. The highest BCUT2D eigenvalue weighted by Crippen LogP contribution is 2.17. The van der Waals surface area contributed by atoms with E-state index in [-0.39, 0.29) is 18.1 Å². The third kappa shape index (κ3) is 4.24. The number of aromatic amines is 1. The maximum absolute atomic E-state index is 11.9. The molecule has 1 aromatic heterocycles. The molecule has 0 saturated heterocycles. The first-order chi connectivity index (χ1) is 8.76. The first kappa shape index (κ1) is 15.5. The second-order valence-electron chi connectivity index (χ2n) is 5.60. The minimum atomic E-state index is -0.928. The van der Waals surface area contributed by atoms with Crippen molar-refractivity contribution in [3.63, 3.8) is 0 Å². The van der Waals surface area contributed by atoms with Crippen LogP contribution in [0.15, 0.2) is 0 Å². The Hall–Kier alpha value is -1.56. The molecular weight excluding hydrogens is 244 g/mol. The average molecular weight is 268 g/mol. The van der Waals surface area contributed by atoms with E-state index in [1.54, 1.807) is 6.92 Å². The number of carbonyl (C=O) groups is 1. The third-order valence-corrected chi connectivity index (χ3v) is 2.93. The van der Waals surface area contributed by atoms with Crippen molar-refractivity contribution in [2.75, 3.05) is 12.3 Å². The van der Waals surface area contributed by atoms with Crippen LogP contribution in [0.2, 0.25) is 0 Å². The Morgan fingerprint density at radius 3 is 2.68 bits per heavy atom. The van der Waals surface area contributed by atoms with Gasteiger partial charge in [0, 0.05) is 6.54 Å². The topological polar surface area (TPSA) is 104 Å². The van der Waals surface area contributed by atoms with Gasteiger partial charge in [-0.05, 0) is 25.7 Å². The number of amides is 1. The zero-order chi connectivity index (χ0) is 14.6. The third-order valence-electron chi connectivity index (χ3n) is 2.93. The lowest BCUT2D eigenvalue weighted by Crippen LogP contribution is -2.41. The molecule has 1 unspecified atom stereocenters. The van der Waals surface area contributed by atoms with Gasteiger partial charge in [0.25, 0.3) is 5.91 Å². The molecule has 1 atom stereocenters. The summed E-state index contributed by atoms with van der Waals surface area (Å²) in [7, 11) is 0. The molecule has 1 aromatic rings. The van der Waals surface area contributed by atoms with Gasteiger partial charge in [0.2, 0.25) is 0 Å². The predicted molar refractivity (Wildman–Crippen MR) is 74.8 cm³/mol. The van der Waals surface area contributed by atoms with E-state index in [1.807, 2.05) is 20.8 Å². The van der Waals surface area contributed by atoms with Crippen molar-refractivity contribution in [2.24, 2.45) is 5.92 Å². The first-order valence-corrected chi connectivity index (χ1v) is 6.60.